The number of ether oxygens (including phenoxy) is 1. The van der Waals surface area contributed by atoms with E-state index in [0.717, 1.165) is 22.3 Å². The minimum absolute atomic E-state index is 0.0262. The van der Waals surface area contributed by atoms with E-state index in [0.29, 0.717) is 5.76 Å². The summed E-state index contributed by atoms with van der Waals surface area (Å²) in [5, 5.41) is 13.8. The maximum atomic E-state index is 12.2. The molecule has 0 fully saturated rings. The fourth-order valence-electron chi connectivity index (χ4n) is 3.73. The Morgan fingerprint density at radius 3 is 2.25 bits per heavy atom. The molecule has 1 unspecified atom stereocenters. The number of furan rings is 1. The quantitative estimate of drug-likeness (QED) is 0.524. The van der Waals surface area contributed by atoms with Crippen molar-refractivity contribution < 1.29 is 28.6 Å². The van der Waals surface area contributed by atoms with Gasteiger partial charge in [0.15, 0.2) is 5.76 Å². The minimum Gasteiger partial charge on any atom is -0.480 e. The summed E-state index contributed by atoms with van der Waals surface area (Å²) in [4.78, 5) is 35.1. The zero-order chi connectivity index (χ0) is 22.7. The van der Waals surface area contributed by atoms with E-state index in [4.69, 9.17) is 14.3 Å². The molecule has 8 heteroatoms. The fourth-order valence-corrected chi connectivity index (χ4v) is 3.73. The highest BCUT2D eigenvalue weighted by Crippen LogP contribution is 2.44. The Hall–Kier alpha value is -4.07. The lowest BCUT2D eigenvalue weighted by molar-refractivity contribution is -0.138. The molecule has 1 heterocycles. The second-order valence-corrected chi connectivity index (χ2v) is 7.48. The van der Waals surface area contributed by atoms with Gasteiger partial charge in [0.05, 0.1) is 6.54 Å². The van der Waals surface area contributed by atoms with Crippen molar-refractivity contribution in [3.8, 4) is 11.1 Å². The number of amides is 2. The molecule has 0 saturated heterocycles. The maximum Gasteiger partial charge on any atom is 0.407 e. The molecular formula is C24H22N2O6. The summed E-state index contributed by atoms with van der Waals surface area (Å²) < 4.78 is 10.8. The van der Waals surface area contributed by atoms with Crippen molar-refractivity contribution in [3.05, 3.63) is 83.3 Å². The van der Waals surface area contributed by atoms with E-state index in [1.807, 2.05) is 36.4 Å². The Bertz CT molecular complexity index is 1120. The van der Waals surface area contributed by atoms with Crippen LogP contribution in [0.2, 0.25) is 0 Å². The van der Waals surface area contributed by atoms with Gasteiger partial charge in [0.1, 0.15) is 18.4 Å². The predicted octanol–water partition coefficient (Wildman–Crippen LogP) is 3.52. The van der Waals surface area contributed by atoms with Crippen molar-refractivity contribution in [2.75, 3.05) is 6.61 Å². The van der Waals surface area contributed by atoms with Crippen LogP contribution in [-0.4, -0.2) is 35.7 Å². The molecule has 3 N–H and O–H groups in total. The van der Waals surface area contributed by atoms with Crippen LogP contribution < -0.4 is 10.6 Å². The number of carboxylic acid groups (broad SMARTS) is 1. The molecule has 1 aliphatic rings. The predicted molar refractivity (Wildman–Crippen MR) is 115 cm³/mol. The molecular weight excluding hydrogens is 412 g/mol. The summed E-state index contributed by atoms with van der Waals surface area (Å²) in [5.74, 6) is -1.54. The zero-order valence-electron chi connectivity index (χ0n) is 17.3. The summed E-state index contributed by atoms with van der Waals surface area (Å²) >= 11 is 0. The number of nitrogens with one attached hydrogen (secondary N) is 2. The van der Waals surface area contributed by atoms with Crippen LogP contribution >= 0.6 is 0 Å². The average Bonchev–Trinajstić information content (AvgIpc) is 3.39. The normalized spacial score (nSPS) is 13.0. The van der Waals surface area contributed by atoms with Crippen LogP contribution in [0.15, 0.2) is 65.1 Å². The van der Waals surface area contributed by atoms with E-state index in [1.165, 1.54) is 19.1 Å². The van der Waals surface area contributed by atoms with Crippen LogP contribution in [0, 0.1) is 0 Å². The maximum absolute atomic E-state index is 12.2. The first-order chi connectivity index (χ1) is 15.4. The largest absolute Gasteiger partial charge is 0.480 e. The van der Waals surface area contributed by atoms with Crippen molar-refractivity contribution in [1.82, 2.24) is 10.6 Å². The van der Waals surface area contributed by atoms with E-state index >= 15 is 0 Å². The third-order valence-corrected chi connectivity index (χ3v) is 5.35. The van der Waals surface area contributed by atoms with E-state index < -0.39 is 24.0 Å². The molecule has 3 aromatic rings. The number of carboxylic acids is 1. The molecule has 2 amide bonds. The van der Waals surface area contributed by atoms with E-state index in [-0.39, 0.29) is 24.8 Å². The number of aliphatic carboxylic acids is 1. The first-order valence-corrected chi connectivity index (χ1v) is 10.1. The molecule has 0 saturated carbocycles. The van der Waals surface area contributed by atoms with Gasteiger partial charge in [0.2, 0.25) is 0 Å². The van der Waals surface area contributed by atoms with Gasteiger partial charge in [0.25, 0.3) is 5.91 Å². The fraction of sp³-hybridized carbons (Fsp3) is 0.208. The highest BCUT2D eigenvalue weighted by Gasteiger charge is 2.29. The third kappa shape index (κ3) is 4.34. The lowest BCUT2D eigenvalue weighted by atomic mass is 9.98. The van der Waals surface area contributed by atoms with E-state index in [1.54, 1.807) is 0 Å². The number of alkyl carbamates (subject to hydrolysis) is 1. The molecule has 2 aromatic carbocycles. The molecule has 164 valence electrons. The number of carbonyl (C=O) groups excluding carboxylic acids is 2. The highest BCUT2D eigenvalue weighted by atomic mass is 16.5. The van der Waals surface area contributed by atoms with Crippen LogP contribution in [0.3, 0.4) is 0 Å². The number of rotatable bonds is 7. The Balaban J connectivity index is 1.32. The smallest absolute Gasteiger partial charge is 0.407 e. The van der Waals surface area contributed by atoms with Gasteiger partial charge >= 0.3 is 12.1 Å². The summed E-state index contributed by atoms with van der Waals surface area (Å²) in [6.07, 6.45) is -0.603. The Morgan fingerprint density at radius 1 is 1.00 bits per heavy atom. The van der Waals surface area contributed by atoms with Gasteiger partial charge in [-0.15, -0.1) is 0 Å². The molecule has 1 atom stereocenters. The van der Waals surface area contributed by atoms with Crippen molar-refractivity contribution >= 4 is 18.0 Å². The van der Waals surface area contributed by atoms with Gasteiger partial charge in [-0.3, -0.25) is 9.59 Å². The monoisotopic (exact) mass is 434 g/mol. The summed E-state index contributed by atoms with van der Waals surface area (Å²) in [6, 6.07) is 18.0. The van der Waals surface area contributed by atoms with Crippen molar-refractivity contribution in [2.24, 2.45) is 0 Å². The summed E-state index contributed by atoms with van der Waals surface area (Å²) in [5.41, 5.74) is 4.55. The van der Waals surface area contributed by atoms with Crippen molar-refractivity contribution in [1.29, 1.82) is 0 Å². The van der Waals surface area contributed by atoms with Crippen LogP contribution in [0.4, 0.5) is 4.79 Å². The lowest BCUT2D eigenvalue weighted by Crippen LogP contribution is -2.38. The highest BCUT2D eigenvalue weighted by molar-refractivity contribution is 5.94. The summed E-state index contributed by atoms with van der Waals surface area (Å²) in [6.45, 7) is 1.57. The Labute approximate surface area is 184 Å². The second-order valence-electron chi connectivity index (χ2n) is 7.48. The van der Waals surface area contributed by atoms with Crippen LogP contribution in [-0.2, 0) is 16.1 Å². The molecule has 32 heavy (non-hydrogen) atoms. The van der Waals surface area contributed by atoms with Crippen molar-refractivity contribution in [2.45, 2.75) is 25.4 Å². The van der Waals surface area contributed by atoms with E-state index in [2.05, 4.69) is 22.8 Å². The van der Waals surface area contributed by atoms with Gasteiger partial charge in [-0.1, -0.05) is 48.5 Å². The van der Waals surface area contributed by atoms with Gasteiger partial charge in [-0.25, -0.2) is 4.79 Å². The topological polar surface area (TPSA) is 118 Å². The van der Waals surface area contributed by atoms with Gasteiger partial charge in [-0.2, -0.15) is 0 Å². The molecule has 1 aliphatic carbocycles. The molecule has 4 rings (SSSR count). The minimum atomic E-state index is -1.15. The average molecular weight is 434 g/mol. The zero-order valence-corrected chi connectivity index (χ0v) is 17.3. The van der Waals surface area contributed by atoms with Gasteiger partial charge < -0.3 is 24.9 Å². The Kier molecular flexibility index (Phi) is 5.93. The number of benzene rings is 2. The van der Waals surface area contributed by atoms with Crippen LogP contribution in [0.5, 0.6) is 0 Å². The van der Waals surface area contributed by atoms with Crippen molar-refractivity contribution in [3.63, 3.8) is 0 Å². The molecule has 8 nitrogen and oxygen atoms in total. The molecule has 1 aromatic heterocycles. The van der Waals surface area contributed by atoms with Gasteiger partial charge in [-0.05, 0) is 41.3 Å². The standard InChI is InChI=1S/C24H22N2O6/c1-14(23(28)29)26-22(27)21-11-10-15(32-21)12-25-24(30)31-13-20-18-8-4-2-6-16(18)17-7-3-5-9-19(17)20/h2-11,14,20H,12-13H2,1H3,(H,25,30)(H,26,27)(H,28,29). The molecule has 0 spiro atoms. The van der Waals surface area contributed by atoms with E-state index in [9.17, 15) is 14.4 Å². The molecule has 0 aliphatic heterocycles. The SMILES string of the molecule is CC(NC(=O)c1ccc(CNC(=O)OCC2c3ccccc3-c3ccccc32)o1)C(=O)O. The first-order valence-electron chi connectivity index (χ1n) is 10.1. The number of fused-ring (bicyclic) bond motifs is 3. The molecule has 0 radical (unpaired) electrons. The number of carbonyl (C=O) groups is 3. The first kappa shape index (κ1) is 21.2. The van der Waals surface area contributed by atoms with Crippen LogP contribution in [0.25, 0.3) is 11.1 Å². The Morgan fingerprint density at radius 2 is 1.62 bits per heavy atom. The summed E-state index contributed by atoms with van der Waals surface area (Å²) in [7, 11) is 0. The number of hydrogen-bond donors (Lipinski definition) is 3. The molecule has 0 bridgehead atoms. The van der Waals surface area contributed by atoms with Crippen LogP contribution in [0.1, 0.15) is 40.3 Å². The number of hydrogen-bond acceptors (Lipinski definition) is 5. The second kappa shape index (κ2) is 8.97. The third-order valence-electron chi connectivity index (χ3n) is 5.35. The lowest BCUT2D eigenvalue weighted by Gasteiger charge is -2.14. The van der Waals surface area contributed by atoms with Gasteiger partial charge in [0, 0.05) is 5.92 Å².